The molecule has 0 bridgehead atoms. The first-order chi connectivity index (χ1) is 7.22. The zero-order chi connectivity index (χ0) is 10.8. The minimum atomic E-state index is -1.43. The van der Waals surface area contributed by atoms with Gasteiger partial charge >= 0.3 is 0 Å². The van der Waals surface area contributed by atoms with Crippen molar-refractivity contribution in [3.63, 3.8) is 0 Å². The van der Waals surface area contributed by atoms with Gasteiger partial charge in [-0.2, -0.15) is 5.26 Å². The molecule has 2 heterocycles. The van der Waals surface area contributed by atoms with E-state index in [0.29, 0.717) is 11.2 Å². The van der Waals surface area contributed by atoms with Crippen molar-refractivity contribution in [2.45, 2.75) is 12.2 Å². The first-order valence-electron chi connectivity index (χ1n) is 4.41. The van der Waals surface area contributed by atoms with Gasteiger partial charge in [-0.15, -0.1) is 0 Å². The lowest BCUT2D eigenvalue weighted by Crippen LogP contribution is -2.15. The third kappa shape index (κ3) is 1.68. The molecule has 0 aliphatic heterocycles. The van der Waals surface area contributed by atoms with Crippen molar-refractivity contribution in [2.75, 3.05) is 0 Å². The van der Waals surface area contributed by atoms with E-state index in [-0.39, 0.29) is 0 Å². The maximum atomic E-state index is 9.56. The highest BCUT2D eigenvalue weighted by Crippen LogP contribution is 2.19. The minimum Gasteiger partial charge on any atom is -0.384 e. The van der Waals surface area contributed by atoms with Crippen molar-refractivity contribution < 1.29 is 10.2 Å². The van der Waals surface area contributed by atoms with Crippen LogP contribution in [0.15, 0.2) is 24.5 Å². The lowest BCUT2D eigenvalue weighted by atomic mass is 10.1. The Balaban J connectivity index is 2.40. The average Bonchev–Trinajstić information content (AvgIpc) is 2.73. The summed E-state index contributed by atoms with van der Waals surface area (Å²) in [6.45, 7) is 0. The Morgan fingerprint density at radius 2 is 2.27 bits per heavy atom. The Kier molecular flexibility index (Phi) is 2.37. The van der Waals surface area contributed by atoms with E-state index in [0.717, 1.165) is 5.39 Å². The van der Waals surface area contributed by atoms with Gasteiger partial charge in [0.15, 0.2) is 6.10 Å². The van der Waals surface area contributed by atoms with Crippen molar-refractivity contribution in [2.24, 2.45) is 0 Å². The molecule has 2 atom stereocenters. The SMILES string of the molecule is N#CC(O)C(O)c1cnc2[nH]ccc2c1. The normalized spacial score (nSPS) is 14.7. The molecule has 0 saturated heterocycles. The first kappa shape index (κ1) is 9.65. The Morgan fingerprint density at radius 1 is 1.47 bits per heavy atom. The smallest absolute Gasteiger partial charge is 0.170 e. The summed E-state index contributed by atoms with van der Waals surface area (Å²) >= 11 is 0. The molecule has 2 aromatic rings. The van der Waals surface area contributed by atoms with Gasteiger partial charge in [-0.25, -0.2) is 4.98 Å². The van der Waals surface area contributed by atoms with Gasteiger partial charge in [0, 0.05) is 23.3 Å². The summed E-state index contributed by atoms with van der Waals surface area (Å²) in [6, 6.07) is 5.06. The Bertz CT molecular complexity index is 515. The summed E-state index contributed by atoms with van der Waals surface area (Å²) in [4.78, 5) is 6.95. The number of pyridine rings is 1. The molecule has 2 aromatic heterocycles. The summed E-state index contributed by atoms with van der Waals surface area (Å²) in [5, 5.41) is 28.0. The van der Waals surface area contributed by atoms with Crippen LogP contribution >= 0.6 is 0 Å². The molecule has 0 aliphatic rings. The van der Waals surface area contributed by atoms with Crippen LogP contribution in [-0.4, -0.2) is 26.3 Å². The van der Waals surface area contributed by atoms with Gasteiger partial charge in [0.05, 0.1) is 6.07 Å². The average molecular weight is 203 g/mol. The van der Waals surface area contributed by atoms with E-state index < -0.39 is 12.2 Å². The highest BCUT2D eigenvalue weighted by molar-refractivity contribution is 5.75. The second kappa shape index (κ2) is 3.69. The van der Waals surface area contributed by atoms with E-state index in [1.807, 2.05) is 0 Å². The molecule has 15 heavy (non-hydrogen) atoms. The second-order valence-corrected chi connectivity index (χ2v) is 3.20. The fraction of sp³-hybridized carbons (Fsp3) is 0.200. The third-order valence-electron chi connectivity index (χ3n) is 2.19. The number of rotatable bonds is 2. The van der Waals surface area contributed by atoms with Crippen molar-refractivity contribution in [1.82, 2.24) is 9.97 Å². The topological polar surface area (TPSA) is 92.9 Å². The van der Waals surface area contributed by atoms with Crippen LogP contribution in [0.1, 0.15) is 11.7 Å². The number of aromatic nitrogens is 2. The summed E-state index contributed by atoms with van der Waals surface area (Å²) in [7, 11) is 0. The standard InChI is InChI=1S/C10H9N3O2/c11-4-8(14)9(15)7-3-6-1-2-12-10(6)13-5-7/h1-3,5,8-9,14-15H,(H,12,13). The minimum absolute atomic E-state index is 0.427. The molecule has 0 fully saturated rings. The third-order valence-corrected chi connectivity index (χ3v) is 2.19. The Morgan fingerprint density at radius 3 is 3.00 bits per heavy atom. The number of aromatic amines is 1. The van der Waals surface area contributed by atoms with Crippen LogP contribution in [0.2, 0.25) is 0 Å². The molecule has 5 nitrogen and oxygen atoms in total. The molecule has 0 aliphatic carbocycles. The summed E-state index contributed by atoms with van der Waals surface area (Å²) < 4.78 is 0. The van der Waals surface area contributed by atoms with Crippen LogP contribution < -0.4 is 0 Å². The van der Waals surface area contributed by atoms with E-state index in [1.54, 1.807) is 24.4 Å². The number of nitrogens with zero attached hydrogens (tertiary/aromatic N) is 2. The fourth-order valence-electron chi connectivity index (χ4n) is 1.37. The number of fused-ring (bicyclic) bond motifs is 1. The number of hydrogen-bond acceptors (Lipinski definition) is 4. The van der Waals surface area contributed by atoms with Crippen molar-refractivity contribution >= 4 is 11.0 Å². The van der Waals surface area contributed by atoms with E-state index in [1.165, 1.54) is 6.20 Å². The van der Waals surface area contributed by atoms with Crippen LogP contribution in [0.5, 0.6) is 0 Å². The summed E-state index contributed by atoms with van der Waals surface area (Å²) in [5.74, 6) is 0. The molecule has 0 spiro atoms. The Hall–Kier alpha value is -1.90. The quantitative estimate of drug-likeness (QED) is 0.619. The predicted octanol–water partition coefficient (Wildman–Crippen LogP) is 0.481. The van der Waals surface area contributed by atoms with E-state index >= 15 is 0 Å². The number of hydrogen-bond donors (Lipinski definition) is 3. The number of nitrogens with one attached hydrogen (secondary N) is 1. The molecule has 0 radical (unpaired) electrons. The Labute approximate surface area is 85.6 Å². The molecule has 0 aromatic carbocycles. The van der Waals surface area contributed by atoms with Crippen LogP contribution in [0.3, 0.4) is 0 Å². The lowest BCUT2D eigenvalue weighted by Gasteiger charge is -2.11. The van der Waals surface area contributed by atoms with Gasteiger partial charge in [0.25, 0.3) is 0 Å². The first-order valence-corrected chi connectivity index (χ1v) is 4.41. The number of aliphatic hydroxyl groups excluding tert-OH is 2. The van der Waals surface area contributed by atoms with Gasteiger partial charge in [0.1, 0.15) is 11.8 Å². The zero-order valence-electron chi connectivity index (χ0n) is 7.75. The van der Waals surface area contributed by atoms with Gasteiger partial charge in [0.2, 0.25) is 0 Å². The fourth-order valence-corrected chi connectivity index (χ4v) is 1.37. The van der Waals surface area contributed by atoms with Gasteiger partial charge in [-0.05, 0) is 12.1 Å². The van der Waals surface area contributed by atoms with E-state index in [4.69, 9.17) is 10.4 Å². The van der Waals surface area contributed by atoms with Crippen molar-refractivity contribution in [3.05, 3.63) is 30.1 Å². The molecule has 2 rings (SSSR count). The molecule has 5 heteroatoms. The largest absolute Gasteiger partial charge is 0.384 e. The van der Waals surface area contributed by atoms with Crippen LogP contribution in [0.25, 0.3) is 11.0 Å². The van der Waals surface area contributed by atoms with Crippen molar-refractivity contribution in [3.8, 4) is 6.07 Å². The van der Waals surface area contributed by atoms with Crippen molar-refractivity contribution in [1.29, 1.82) is 5.26 Å². The lowest BCUT2D eigenvalue weighted by molar-refractivity contribution is 0.0527. The molecular formula is C10H9N3O2. The van der Waals surface area contributed by atoms with Crippen LogP contribution in [0.4, 0.5) is 0 Å². The van der Waals surface area contributed by atoms with E-state index in [2.05, 4.69) is 9.97 Å². The van der Waals surface area contributed by atoms with Gasteiger partial charge < -0.3 is 15.2 Å². The maximum Gasteiger partial charge on any atom is 0.170 e. The van der Waals surface area contributed by atoms with Gasteiger partial charge in [-0.3, -0.25) is 0 Å². The monoisotopic (exact) mass is 203 g/mol. The zero-order valence-corrected chi connectivity index (χ0v) is 7.75. The predicted molar refractivity (Wildman–Crippen MR) is 52.7 cm³/mol. The number of aliphatic hydroxyl groups is 2. The second-order valence-electron chi connectivity index (χ2n) is 3.20. The van der Waals surface area contributed by atoms with Crippen LogP contribution in [-0.2, 0) is 0 Å². The highest BCUT2D eigenvalue weighted by Gasteiger charge is 2.18. The van der Waals surface area contributed by atoms with Gasteiger partial charge in [-0.1, -0.05) is 0 Å². The number of nitriles is 1. The molecular weight excluding hydrogens is 194 g/mol. The molecule has 76 valence electrons. The number of H-pyrrole nitrogens is 1. The molecule has 0 saturated carbocycles. The van der Waals surface area contributed by atoms with Crippen LogP contribution in [0, 0.1) is 11.3 Å². The summed E-state index contributed by atoms with van der Waals surface area (Å²) in [6.07, 6.45) is 0.517. The molecule has 0 amide bonds. The maximum absolute atomic E-state index is 9.56. The molecule has 3 N–H and O–H groups in total. The summed E-state index contributed by atoms with van der Waals surface area (Å²) in [5.41, 5.74) is 1.13. The molecule has 2 unspecified atom stereocenters. The highest BCUT2D eigenvalue weighted by atomic mass is 16.3. The van der Waals surface area contributed by atoms with E-state index in [9.17, 15) is 5.11 Å².